The molecule has 4 rings (SSSR count). The molecule has 2 heterocycles. The van der Waals surface area contributed by atoms with Crippen LogP contribution in [-0.2, 0) is 17.8 Å². The summed E-state index contributed by atoms with van der Waals surface area (Å²) in [5.74, 6) is 0.606. The maximum absolute atomic E-state index is 12.3. The van der Waals surface area contributed by atoms with E-state index in [0.29, 0.717) is 18.8 Å². The number of carbonyl (C=O) groups excluding carboxylic acids is 1. The van der Waals surface area contributed by atoms with Crippen LogP contribution in [0.15, 0.2) is 42.5 Å². The van der Waals surface area contributed by atoms with Gasteiger partial charge in [-0.25, -0.2) is 0 Å². The zero-order valence-corrected chi connectivity index (χ0v) is 13.4. The number of benzene rings is 2. The number of amides is 1. The van der Waals surface area contributed by atoms with Crippen molar-refractivity contribution in [3.63, 3.8) is 0 Å². The molecule has 0 atom stereocenters. The van der Waals surface area contributed by atoms with Crippen LogP contribution in [-0.4, -0.2) is 26.5 Å². The molecule has 0 fully saturated rings. The Morgan fingerprint density at radius 1 is 1.08 bits per heavy atom. The van der Waals surface area contributed by atoms with Gasteiger partial charge in [-0.2, -0.15) is 5.21 Å². The number of fused-ring (bicyclic) bond motifs is 1. The Balaban J connectivity index is 1.69. The van der Waals surface area contributed by atoms with E-state index in [2.05, 4.69) is 63.9 Å². The lowest BCUT2D eigenvalue weighted by Gasteiger charge is -2.28. The van der Waals surface area contributed by atoms with E-state index >= 15 is 0 Å². The van der Waals surface area contributed by atoms with Crippen molar-refractivity contribution in [2.75, 3.05) is 4.90 Å². The number of aromatic amines is 1. The van der Waals surface area contributed by atoms with Gasteiger partial charge in [0.15, 0.2) is 5.82 Å². The topological polar surface area (TPSA) is 74.8 Å². The smallest absolute Gasteiger partial charge is 0.227 e. The van der Waals surface area contributed by atoms with E-state index in [1.807, 2.05) is 6.07 Å². The standard InChI is InChI=1S/C18H17N5O/c1-12-2-4-13(5-3-12)14-6-8-16-15(10-14)7-9-18(24)23(16)11-17-19-21-22-20-17/h2-6,8,10H,7,9,11H2,1H3,(H,19,20,21,22). The summed E-state index contributed by atoms with van der Waals surface area (Å²) in [6.07, 6.45) is 1.26. The van der Waals surface area contributed by atoms with Crippen molar-refractivity contribution < 1.29 is 4.79 Å². The van der Waals surface area contributed by atoms with Crippen LogP contribution >= 0.6 is 0 Å². The average molecular weight is 319 g/mol. The first kappa shape index (κ1) is 14.6. The molecule has 1 N–H and O–H groups in total. The highest BCUT2D eigenvalue weighted by molar-refractivity contribution is 5.96. The molecule has 1 aliphatic rings. The van der Waals surface area contributed by atoms with Crippen molar-refractivity contribution in [3.8, 4) is 11.1 Å². The number of anilines is 1. The zero-order chi connectivity index (χ0) is 16.5. The second-order valence-electron chi connectivity index (χ2n) is 6.02. The van der Waals surface area contributed by atoms with Gasteiger partial charge in [0, 0.05) is 12.1 Å². The van der Waals surface area contributed by atoms with Crippen LogP contribution in [0, 0.1) is 6.92 Å². The van der Waals surface area contributed by atoms with Crippen LogP contribution in [0.1, 0.15) is 23.4 Å². The Bertz CT molecular complexity index is 871. The third kappa shape index (κ3) is 2.67. The molecule has 0 bridgehead atoms. The number of tetrazole rings is 1. The second-order valence-corrected chi connectivity index (χ2v) is 6.02. The van der Waals surface area contributed by atoms with Crippen LogP contribution in [0.3, 0.4) is 0 Å². The van der Waals surface area contributed by atoms with Crippen molar-refractivity contribution in [2.45, 2.75) is 26.3 Å². The number of carbonyl (C=O) groups is 1. The van der Waals surface area contributed by atoms with Gasteiger partial charge in [-0.15, -0.1) is 10.2 Å². The summed E-state index contributed by atoms with van der Waals surface area (Å²) in [7, 11) is 0. The van der Waals surface area contributed by atoms with E-state index in [1.165, 1.54) is 22.3 Å². The molecule has 0 unspecified atom stereocenters. The molecule has 0 aliphatic carbocycles. The molecule has 0 saturated carbocycles. The first-order valence-electron chi connectivity index (χ1n) is 7.93. The van der Waals surface area contributed by atoms with Crippen molar-refractivity contribution in [2.24, 2.45) is 0 Å². The van der Waals surface area contributed by atoms with Crippen LogP contribution in [0.25, 0.3) is 11.1 Å². The molecule has 0 saturated heterocycles. The first-order valence-corrected chi connectivity index (χ1v) is 7.93. The van der Waals surface area contributed by atoms with Crippen LogP contribution < -0.4 is 4.90 Å². The van der Waals surface area contributed by atoms with Gasteiger partial charge in [-0.05, 0) is 42.2 Å². The predicted octanol–water partition coefficient (Wildman–Crippen LogP) is 2.65. The molecule has 120 valence electrons. The predicted molar refractivity (Wildman–Crippen MR) is 90.3 cm³/mol. The Hall–Kier alpha value is -3.02. The molecule has 0 radical (unpaired) electrons. The van der Waals surface area contributed by atoms with Crippen molar-refractivity contribution in [1.29, 1.82) is 0 Å². The summed E-state index contributed by atoms with van der Waals surface area (Å²) in [5.41, 5.74) is 5.71. The lowest BCUT2D eigenvalue weighted by molar-refractivity contribution is -0.119. The SMILES string of the molecule is Cc1ccc(-c2ccc3c(c2)CCC(=O)N3Cc2nn[nH]n2)cc1. The highest BCUT2D eigenvalue weighted by atomic mass is 16.2. The number of hydrogen-bond donors (Lipinski definition) is 1. The van der Waals surface area contributed by atoms with Crippen LogP contribution in [0.4, 0.5) is 5.69 Å². The van der Waals surface area contributed by atoms with Gasteiger partial charge in [0.05, 0.1) is 6.54 Å². The van der Waals surface area contributed by atoms with Crippen molar-refractivity contribution >= 4 is 11.6 Å². The van der Waals surface area contributed by atoms with E-state index < -0.39 is 0 Å². The lowest BCUT2D eigenvalue weighted by Crippen LogP contribution is -2.34. The van der Waals surface area contributed by atoms with E-state index in [9.17, 15) is 4.79 Å². The zero-order valence-electron chi connectivity index (χ0n) is 13.4. The van der Waals surface area contributed by atoms with E-state index in [4.69, 9.17) is 0 Å². The van der Waals surface area contributed by atoms with Gasteiger partial charge < -0.3 is 4.90 Å². The molecule has 0 spiro atoms. The molecule has 1 amide bonds. The van der Waals surface area contributed by atoms with E-state index in [-0.39, 0.29) is 5.91 Å². The van der Waals surface area contributed by atoms with Gasteiger partial charge in [0.25, 0.3) is 0 Å². The number of aryl methyl sites for hydroxylation is 2. The molecule has 2 aromatic carbocycles. The van der Waals surface area contributed by atoms with E-state index in [0.717, 1.165) is 12.1 Å². The Kier molecular flexibility index (Phi) is 3.57. The monoisotopic (exact) mass is 319 g/mol. The third-order valence-corrected chi connectivity index (χ3v) is 4.35. The third-order valence-electron chi connectivity index (χ3n) is 4.35. The second kappa shape index (κ2) is 5.88. The summed E-state index contributed by atoms with van der Waals surface area (Å²) < 4.78 is 0. The molecule has 3 aromatic rings. The van der Waals surface area contributed by atoms with E-state index in [1.54, 1.807) is 4.90 Å². The molecule has 1 aromatic heterocycles. The minimum atomic E-state index is 0.0929. The summed E-state index contributed by atoms with van der Waals surface area (Å²) >= 11 is 0. The minimum Gasteiger partial charge on any atom is -0.304 e. The first-order chi connectivity index (χ1) is 11.7. The summed E-state index contributed by atoms with van der Waals surface area (Å²) in [4.78, 5) is 14.1. The fourth-order valence-electron chi connectivity index (χ4n) is 3.05. The number of nitrogens with zero attached hydrogens (tertiary/aromatic N) is 4. The average Bonchev–Trinajstić information content (AvgIpc) is 3.11. The number of aromatic nitrogens is 4. The van der Waals surface area contributed by atoms with Crippen molar-refractivity contribution in [3.05, 3.63) is 59.4 Å². The largest absolute Gasteiger partial charge is 0.304 e. The van der Waals surface area contributed by atoms with Crippen LogP contribution in [0.5, 0.6) is 0 Å². The Labute approximate surface area is 139 Å². The molecular formula is C18H17N5O. The normalized spacial score (nSPS) is 13.9. The van der Waals surface area contributed by atoms with Gasteiger partial charge in [0.2, 0.25) is 5.91 Å². The van der Waals surface area contributed by atoms with Crippen molar-refractivity contribution in [1.82, 2.24) is 20.6 Å². The quantitative estimate of drug-likeness (QED) is 0.805. The van der Waals surface area contributed by atoms with Gasteiger partial charge >= 0.3 is 0 Å². The number of nitrogens with one attached hydrogen (secondary N) is 1. The number of H-pyrrole nitrogens is 1. The molecular weight excluding hydrogens is 302 g/mol. The number of hydrogen-bond acceptors (Lipinski definition) is 4. The fraction of sp³-hybridized carbons (Fsp3) is 0.222. The minimum absolute atomic E-state index is 0.0929. The maximum Gasteiger partial charge on any atom is 0.227 e. The van der Waals surface area contributed by atoms with Gasteiger partial charge in [0.1, 0.15) is 0 Å². The molecule has 1 aliphatic heterocycles. The highest BCUT2D eigenvalue weighted by Crippen LogP contribution is 2.32. The van der Waals surface area contributed by atoms with Gasteiger partial charge in [-0.3, -0.25) is 4.79 Å². The fourth-order valence-corrected chi connectivity index (χ4v) is 3.05. The lowest BCUT2D eigenvalue weighted by atomic mass is 9.95. The maximum atomic E-state index is 12.3. The summed E-state index contributed by atoms with van der Waals surface area (Å²) in [5, 5.41) is 13.9. The molecule has 6 nitrogen and oxygen atoms in total. The summed E-state index contributed by atoms with van der Waals surface area (Å²) in [6, 6.07) is 14.7. The molecule has 6 heteroatoms. The summed E-state index contributed by atoms with van der Waals surface area (Å²) in [6.45, 7) is 2.42. The Morgan fingerprint density at radius 3 is 2.62 bits per heavy atom. The van der Waals surface area contributed by atoms with Crippen LogP contribution in [0.2, 0.25) is 0 Å². The Morgan fingerprint density at radius 2 is 1.88 bits per heavy atom. The highest BCUT2D eigenvalue weighted by Gasteiger charge is 2.25. The number of rotatable bonds is 3. The van der Waals surface area contributed by atoms with Gasteiger partial charge in [-0.1, -0.05) is 41.1 Å². The molecule has 24 heavy (non-hydrogen) atoms.